The standard InChI is InChI=1S/C18H17NO7/c1-24-14-9-5-7-12(16(14)21)18(23)26-10-15(20)19-13-8-4-3-6-11(13)17(22)25-2/h3-9,21H,10H2,1-2H3,(H,19,20). The molecule has 136 valence electrons. The van der Waals surface area contributed by atoms with Crippen molar-refractivity contribution in [2.75, 3.05) is 26.1 Å². The monoisotopic (exact) mass is 359 g/mol. The number of hydrogen-bond donors (Lipinski definition) is 2. The maximum absolute atomic E-state index is 12.0. The molecule has 2 N–H and O–H groups in total. The molecule has 0 radical (unpaired) electrons. The van der Waals surface area contributed by atoms with Crippen molar-refractivity contribution in [3.63, 3.8) is 0 Å². The van der Waals surface area contributed by atoms with E-state index in [9.17, 15) is 19.5 Å². The zero-order chi connectivity index (χ0) is 19.1. The fraction of sp³-hybridized carbons (Fsp3) is 0.167. The van der Waals surface area contributed by atoms with Gasteiger partial charge in [0, 0.05) is 0 Å². The molecule has 2 rings (SSSR count). The topological polar surface area (TPSA) is 111 Å². The van der Waals surface area contributed by atoms with Crippen LogP contribution < -0.4 is 10.1 Å². The van der Waals surface area contributed by atoms with Crippen molar-refractivity contribution in [2.45, 2.75) is 0 Å². The lowest BCUT2D eigenvalue weighted by molar-refractivity contribution is -0.119. The summed E-state index contributed by atoms with van der Waals surface area (Å²) in [7, 11) is 2.57. The molecule has 0 fully saturated rings. The number of phenolic OH excluding ortho intramolecular Hbond substituents is 1. The number of benzene rings is 2. The summed E-state index contributed by atoms with van der Waals surface area (Å²) in [5.74, 6) is -2.43. The smallest absolute Gasteiger partial charge is 0.342 e. The number of nitrogens with one attached hydrogen (secondary N) is 1. The van der Waals surface area contributed by atoms with Crippen LogP contribution in [0.4, 0.5) is 5.69 Å². The van der Waals surface area contributed by atoms with Gasteiger partial charge in [0.2, 0.25) is 0 Å². The summed E-state index contributed by atoms with van der Waals surface area (Å²) in [4.78, 5) is 35.7. The van der Waals surface area contributed by atoms with Crippen LogP contribution in [0.3, 0.4) is 0 Å². The van der Waals surface area contributed by atoms with Crippen molar-refractivity contribution in [1.29, 1.82) is 0 Å². The lowest BCUT2D eigenvalue weighted by Gasteiger charge is -2.11. The first-order valence-electron chi connectivity index (χ1n) is 7.48. The van der Waals surface area contributed by atoms with Crippen LogP contribution in [0.5, 0.6) is 11.5 Å². The molecule has 8 heteroatoms. The molecule has 0 aromatic heterocycles. The van der Waals surface area contributed by atoms with E-state index in [4.69, 9.17) is 9.47 Å². The Balaban J connectivity index is 2.02. The van der Waals surface area contributed by atoms with Gasteiger partial charge in [-0.3, -0.25) is 4.79 Å². The Bertz CT molecular complexity index is 832. The summed E-state index contributed by atoms with van der Waals surface area (Å²) in [6.45, 7) is -0.606. The summed E-state index contributed by atoms with van der Waals surface area (Å²) >= 11 is 0. The summed E-state index contributed by atoms with van der Waals surface area (Å²) < 4.78 is 14.4. The second-order valence-corrected chi connectivity index (χ2v) is 5.02. The number of amides is 1. The van der Waals surface area contributed by atoms with E-state index >= 15 is 0 Å². The van der Waals surface area contributed by atoms with Gasteiger partial charge in [-0.05, 0) is 24.3 Å². The van der Waals surface area contributed by atoms with E-state index < -0.39 is 24.5 Å². The van der Waals surface area contributed by atoms with Crippen LogP contribution in [0, 0.1) is 0 Å². The Kier molecular flexibility index (Phi) is 6.15. The molecule has 2 aromatic carbocycles. The Morgan fingerprint density at radius 1 is 0.962 bits per heavy atom. The van der Waals surface area contributed by atoms with Gasteiger partial charge >= 0.3 is 11.9 Å². The summed E-state index contributed by atoms with van der Waals surface area (Å²) in [6.07, 6.45) is 0. The van der Waals surface area contributed by atoms with Crippen LogP contribution in [0.2, 0.25) is 0 Å². The summed E-state index contributed by atoms with van der Waals surface area (Å²) in [5, 5.41) is 12.4. The molecule has 1 amide bonds. The second kappa shape index (κ2) is 8.52. The van der Waals surface area contributed by atoms with E-state index in [2.05, 4.69) is 10.1 Å². The second-order valence-electron chi connectivity index (χ2n) is 5.02. The number of carbonyl (C=O) groups is 3. The number of phenols is 1. The van der Waals surface area contributed by atoms with Crippen LogP contribution in [-0.4, -0.2) is 43.8 Å². The molecule has 0 saturated heterocycles. The highest BCUT2D eigenvalue weighted by molar-refractivity contribution is 6.02. The number of rotatable bonds is 6. The highest BCUT2D eigenvalue weighted by Gasteiger charge is 2.18. The highest BCUT2D eigenvalue weighted by atomic mass is 16.5. The van der Waals surface area contributed by atoms with Crippen LogP contribution in [0.25, 0.3) is 0 Å². The van der Waals surface area contributed by atoms with Crippen LogP contribution in [0.15, 0.2) is 42.5 Å². The first-order chi connectivity index (χ1) is 12.5. The van der Waals surface area contributed by atoms with E-state index in [-0.39, 0.29) is 28.3 Å². The van der Waals surface area contributed by atoms with Gasteiger partial charge in [-0.1, -0.05) is 18.2 Å². The predicted octanol–water partition coefficient (Wildman–Crippen LogP) is 1.98. The van der Waals surface area contributed by atoms with Crippen LogP contribution >= 0.6 is 0 Å². The number of carbonyl (C=O) groups excluding carboxylic acids is 3. The molecule has 0 aliphatic carbocycles. The summed E-state index contributed by atoms with van der Waals surface area (Å²) in [6, 6.07) is 10.6. The van der Waals surface area contributed by atoms with E-state index in [1.54, 1.807) is 12.1 Å². The number of methoxy groups -OCH3 is 2. The average Bonchev–Trinajstić information content (AvgIpc) is 2.66. The number of aromatic hydroxyl groups is 1. The van der Waals surface area contributed by atoms with Crippen molar-refractivity contribution < 1.29 is 33.7 Å². The third-order valence-electron chi connectivity index (χ3n) is 3.38. The minimum Gasteiger partial charge on any atom is -0.504 e. The van der Waals surface area contributed by atoms with E-state index in [0.717, 1.165) is 0 Å². The third-order valence-corrected chi connectivity index (χ3v) is 3.38. The van der Waals surface area contributed by atoms with Gasteiger partial charge in [0.25, 0.3) is 5.91 Å². The van der Waals surface area contributed by atoms with Crippen molar-refractivity contribution in [2.24, 2.45) is 0 Å². The molecule has 8 nitrogen and oxygen atoms in total. The lowest BCUT2D eigenvalue weighted by Crippen LogP contribution is -2.22. The predicted molar refractivity (Wildman–Crippen MR) is 91.4 cm³/mol. The van der Waals surface area contributed by atoms with Gasteiger partial charge in [-0.2, -0.15) is 0 Å². The number of para-hydroxylation sites is 2. The summed E-state index contributed by atoms with van der Waals surface area (Å²) in [5.41, 5.74) is 0.261. The highest BCUT2D eigenvalue weighted by Crippen LogP contribution is 2.29. The zero-order valence-electron chi connectivity index (χ0n) is 14.1. The molecular weight excluding hydrogens is 342 g/mol. The van der Waals surface area contributed by atoms with E-state index in [1.807, 2.05) is 0 Å². The molecule has 0 bridgehead atoms. The SMILES string of the molecule is COC(=O)c1ccccc1NC(=O)COC(=O)c1cccc(OC)c1O. The molecule has 2 aromatic rings. The minimum atomic E-state index is -0.891. The Hall–Kier alpha value is -3.55. The quantitative estimate of drug-likeness (QED) is 0.759. The fourth-order valence-corrected chi connectivity index (χ4v) is 2.13. The number of ether oxygens (including phenoxy) is 3. The first-order valence-corrected chi connectivity index (χ1v) is 7.48. The molecule has 0 heterocycles. The molecular formula is C18H17NO7. The Morgan fingerprint density at radius 2 is 1.65 bits per heavy atom. The van der Waals surface area contributed by atoms with Crippen molar-refractivity contribution >= 4 is 23.5 Å². The van der Waals surface area contributed by atoms with E-state index in [0.29, 0.717) is 0 Å². The minimum absolute atomic E-state index is 0.107. The zero-order valence-corrected chi connectivity index (χ0v) is 14.1. The fourth-order valence-electron chi connectivity index (χ4n) is 2.13. The van der Waals surface area contributed by atoms with Gasteiger partial charge in [-0.15, -0.1) is 0 Å². The van der Waals surface area contributed by atoms with Gasteiger partial charge in [0.05, 0.1) is 25.5 Å². The molecule has 26 heavy (non-hydrogen) atoms. The molecule has 0 saturated carbocycles. The Labute approximate surface area is 149 Å². The van der Waals surface area contributed by atoms with Gasteiger partial charge < -0.3 is 24.6 Å². The maximum Gasteiger partial charge on any atom is 0.342 e. The normalized spacial score (nSPS) is 9.92. The average molecular weight is 359 g/mol. The Morgan fingerprint density at radius 3 is 2.35 bits per heavy atom. The van der Waals surface area contributed by atoms with Crippen molar-refractivity contribution in [3.8, 4) is 11.5 Å². The first kappa shape index (κ1) is 18.8. The lowest BCUT2D eigenvalue weighted by atomic mass is 10.2. The number of esters is 2. The van der Waals surface area contributed by atoms with E-state index in [1.165, 1.54) is 44.6 Å². The molecule has 0 aliphatic rings. The molecule has 0 aliphatic heterocycles. The van der Waals surface area contributed by atoms with Gasteiger partial charge in [-0.25, -0.2) is 9.59 Å². The van der Waals surface area contributed by atoms with Gasteiger partial charge in [0.15, 0.2) is 18.1 Å². The van der Waals surface area contributed by atoms with Crippen molar-refractivity contribution in [3.05, 3.63) is 53.6 Å². The third kappa shape index (κ3) is 4.29. The molecule has 0 spiro atoms. The number of anilines is 1. The van der Waals surface area contributed by atoms with Crippen LogP contribution in [0.1, 0.15) is 20.7 Å². The largest absolute Gasteiger partial charge is 0.504 e. The number of hydrogen-bond acceptors (Lipinski definition) is 7. The van der Waals surface area contributed by atoms with Gasteiger partial charge in [0.1, 0.15) is 5.56 Å². The molecule has 0 atom stereocenters. The molecule has 0 unspecified atom stereocenters. The van der Waals surface area contributed by atoms with Crippen LogP contribution in [-0.2, 0) is 14.3 Å². The van der Waals surface area contributed by atoms with Crippen molar-refractivity contribution in [1.82, 2.24) is 0 Å². The maximum atomic E-state index is 12.0.